The summed E-state index contributed by atoms with van der Waals surface area (Å²) in [6, 6.07) is 12.6. The number of thioether (sulfide) groups is 1. The van der Waals surface area contributed by atoms with Crippen LogP contribution >= 0.6 is 11.8 Å². The van der Waals surface area contributed by atoms with Crippen LogP contribution in [-0.2, 0) is 11.3 Å². The SMILES string of the molecule is Cc1ccccc1CN1C(=O)CSc2ccc(C(=O)[O-])cc21. The zero-order valence-electron chi connectivity index (χ0n) is 12.0. The lowest BCUT2D eigenvalue weighted by Gasteiger charge is -2.30. The predicted molar refractivity (Wildman–Crippen MR) is 83.9 cm³/mol. The number of carbonyl (C=O) groups is 2. The van der Waals surface area contributed by atoms with Gasteiger partial charge in [0, 0.05) is 4.90 Å². The number of amides is 1. The second-order valence-corrected chi connectivity index (χ2v) is 6.18. The number of benzene rings is 2. The number of hydrogen-bond acceptors (Lipinski definition) is 4. The molecule has 0 aromatic heterocycles. The molecule has 0 spiro atoms. The molecule has 3 rings (SSSR count). The fraction of sp³-hybridized carbons (Fsp3) is 0.176. The van der Waals surface area contributed by atoms with Gasteiger partial charge in [0.15, 0.2) is 0 Å². The van der Waals surface area contributed by atoms with Crippen LogP contribution in [-0.4, -0.2) is 17.6 Å². The molecule has 0 atom stereocenters. The number of fused-ring (bicyclic) bond motifs is 1. The molecule has 5 heteroatoms. The van der Waals surface area contributed by atoms with Crippen LogP contribution in [0.25, 0.3) is 0 Å². The van der Waals surface area contributed by atoms with Crippen molar-refractivity contribution in [1.29, 1.82) is 0 Å². The van der Waals surface area contributed by atoms with E-state index in [9.17, 15) is 14.7 Å². The van der Waals surface area contributed by atoms with Crippen LogP contribution in [0.4, 0.5) is 5.69 Å². The largest absolute Gasteiger partial charge is 0.545 e. The third-order valence-corrected chi connectivity index (χ3v) is 4.77. The lowest BCUT2D eigenvalue weighted by Crippen LogP contribution is -2.35. The Balaban J connectivity index is 2.01. The van der Waals surface area contributed by atoms with E-state index >= 15 is 0 Å². The van der Waals surface area contributed by atoms with Crippen molar-refractivity contribution in [2.24, 2.45) is 0 Å². The van der Waals surface area contributed by atoms with Crippen LogP contribution in [0.15, 0.2) is 47.4 Å². The fourth-order valence-corrected chi connectivity index (χ4v) is 3.38. The highest BCUT2D eigenvalue weighted by Crippen LogP contribution is 2.37. The van der Waals surface area contributed by atoms with Crippen LogP contribution in [0.2, 0.25) is 0 Å². The standard InChI is InChI=1S/C17H15NO3S/c1-11-4-2-3-5-13(11)9-18-14-8-12(17(20)21)6-7-15(14)22-10-16(18)19/h2-8H,9-10H2,1H3,(H,20,21)/p-1. The van der Waals surface area contributed by atoms with Crippen molar-refractivity contribution in [2.75, 3.05) is 10.7 Å². The number of anilines is 1. The smallest absolute Gasteiger partial charge is 0.237 e. The molecule has 22 heavy (non-hydrogen) atoms. The third-order valence-electron chi connectivity index (χ3n) is 3.73. The zero-order valence-corrected chi connectivity index (χ0v) is 12.9. The van der Waals surface area contributed by atoms with Crippen molar-refractivity contribution in [1.82, 2.24) is 0 Å². The molecule has 0 radical (unpaired) electrons. The minimum absolute atomic E-state index is 0.0174. The Morgan fingerprint density at radius 3 is 2.77 bits per heavy atom. The van der Waals surface area contributed by atoms with Crippen LogP contribution in [0, 0.1) is 6.92 Å². The van der Waals surface area contributed by atoms with E-state index < -0.39 is 5.97 Å². The van der Waals surface area contributed by atoms with Crippen molar-refractivity contribution < 1.29 is 14.7 Å². The van der Waals surface area contributed by atoms with Crippen LogP contribution < -0.4 is 10.0 Å². The highest BCUT2D eigenvalue weighted by molar-refractivity contribution is 8.00. The normalized spacial score (nSPS) is 13.9. The molecule has 1 aliphatic heterocycles. The molecule has 0 fully saturated rings. The van der Waals surface area contributed by atoms with E-state index in [0.29, 0.717) is 18.0 Å². The van der Waals surface area contributed by atoms with E-state index in [1.807, 2.05) is 31.2 Å². The second kappa shape index (κ2) is 5.85. The van der Waals surface area contributed by atoms with Crippen molar-refractivity contribution in [3.05, 3.63) is 59.2 Å². The summed E-state index contributed by atoms with van der Waals surface area (Å²) in [6.45, 7) is 2.44. The van der Waals surface area contributed by atoms with Gasteiger partial charge >= 0.3 is 0 Å². The summed E-state index contributed by atoms with van der Waals surface area (Å²) in [5.41, 5.74) is 2.88. The summed E-state index contributed by atoms with van der Waals surface area (Å²) in [5.74, 6) is -0.887. The highest BCUT2D eigenvalue weighted by atomic mass is 32.2. The molecule has 2 aromatic rings. The number of aromatic carboxylic acids is 1. The van der Waals surface area contributed by atoms with E-state index in [2.05, 4.69) is 0 Å². The Morgan fingerprint density at radius 1 is 1.27 bits per heavy atom. The Bertz CT molecular complexity index is 757. The summed E-state index contributed by atoms with van der Waals surface area (Å²) in [5, 5.41) is 11.1. The molecule has 1 aliphatic rings. The summed E-state index contributed by atoms with van der Waals surface area (Å²) < 4.78 is 0. The van der Waals surface area contributed by atoms with Gasteiger partial charge in [0.2, 0.25) is 5.91 Å². The first-order valence-corrected chi connectivity index (χ1v) is 7.88. The van der Waals surface area contributed by atoms with E-state index in [1.165, 1.54) is 23.9 Å². The number of hydrogen-bond donors (Lipinski definition) is 0. The number of rotatable bonds is 3. The zero-order chi connectivity index (χ0) is 15.7. The molecule has 0 saturated carbocycles. The van der Waals surface area contributed by atoms with Gasteiger partial charge in [0.1, 0.15) is 0 Å². The number of carbonyl (C=O) groups excluding carboxylic acids is 2. The summed E-state index contributed by atoms with van der Waals surface area (Å²) in [7, 11) is 0. The van der Waals surface area contributed by atoms with Gasteiger partial charge in [0.05, 0.1) is 24.0 Å². The summed E-state index contributed by atoms with van der Waals surface area (Å²) in [4.78, 5) is 25.9. The molecule has 112 valence electrons. The van der Waals surface area contributed by atoms with Gasteiger partial charge < -0.3 is 14.8 Å². The lowest BCUT2D eigenvalue weighted by atomic mass is 10.1. The van der Waals surface area contributed by atoms with Gasteiger partial charge in [-0.1, -0.05) is 30.3 Å². The molecule has 2 aromatic carbocycles. The number of nitrogens with zero attached hydrogens (tertiary/aromatic N) is 1. The molecule has 4 nitrogen and oxygen atoms in total. The minimum atomic E-state index is -1.23. The first-order chi connectivity index (χ1) is 10.6. The Kier molecular flexibility index (Phi) is 3.90. The number of carboxylic acid groups (broad SMARTS) is 1. The highest BCUT2D eigenvalue weighted by Gasteiger charge is 2.25. The molecule has 0 N–H and O–H groups in total. The van der Waals surface area contributed by atoms with E-state index in [0.717, 1.165) is 16.0 Å². The fourth-order valence-electron chi connectivity index (χ4n) is 2.46. The average Bonchev–Trinajstić information content (AvgIpc) is 2.51. The minimum Gasteiger partial charge on any atom is -0.545 e. The predicted octanol–water partition coefficient (Wildman–Crippen LogP) is 2.00. The molecule has 0 bridgehead atoms. The Morgan fingerprint density at radius 2 is 2.05 bits per heavy atom. The van der Waals surface area contributed by atoms with Gasteiger partial charge in [0.25, 0.3) is 0 Å². The van der Waals surface area contributed by atoms with Crippen molar-refractivity contribution >= 4 is 29.3 Å². The van der Waals surface area contributed by atoms with Gasteiger partial charge in [-0.2, -0.15) is 0 Å². The van der Waals surface area contributed by atoms with Gasteiger partial charge in [-0.15, -0.1) is 11.8 Å². The number of aryl methyl sites for hydroxylation is 1. The van der Waals surface area contributed by atoms with E-state index in [-0.39, 0.29) is 11.5 Å². The van der Waals surface area contributed by atoms with Gasteiger partial charge in [-0.25, -0.2) is 0 Å². The van der Waals surface area contributed by atoms with E-state index in [1.54, 1.807) is 11.0 Å². The summed E-state index contributed by atoms with van der Waals surface area (Å²) in [6.07, 6.45) is 0. The number of carboxylic acids is 1. The maximum Gasteiger partial charge on any atom is 0.237 e. The first kappa shape index (κ1) is 14.7. The van der Waals surface area contributed by atoms with Gasteiger partial charge in [-0.3, -0.25) is 4.79 Å². The van der Waals surface area contributed by atoms with Crippen LogP contribution in [0.3, 0.4) is 0 Å². The first-order valence-electron chi connectivity index (χ1n) is 6.89. The van der Waals surface area contributed by atoms with Crippen molar-refractivity contribution in [3.63, 3.8) is 0 Å². The molecule has 0 unspecified atom stereocenters. The maximum atomic E-state index is 12.3. The van der Waals surface area contributed by atoms with Crippen molar-refractivity contribution in [2.45, 2.75) is 18.4 Å². The Labute approximate surface area is 132 Å². The molecule has 1 amide bonds. The van der Waals surface area contributed by atoms with Crippen LogP contribution in [0.5, 0.6) is 0 Å². The Hall–Kier alpha value is -2.27. The second-order valence-electron chi connectivity index (χ2n) is 5.17. The molecule has 0 saturated heterocycles. The topological polar surface area (TPSA) is 60.4 Å². The summed E-state index contributed by atoms with van der Waals surface area (Å²) >= 11 is 1.43. The van der Waals surface area contributed by atoms with Crippen LogP contribution in [0.1, 0.15) is 21.5 Å². The van der Waals surface area contributed by atoms with E-state index in [4.69, 9.17) is 0 Å². The lowest BCUT2D eigenvalue weighted by molar-refractivity contribution is -0.255. The molecule has 1 heterocycles. The van der Waals surface area contributed by atoms with Crippen molar-refractivity contribution in [3.8, 4) is 0 Å². The molecular formula is C17H14NO3S-. The monoisotopic (exact) mass is 312 g/mol. The van der Waals surface area contributed by atoms with Gasteiger partial charge in [-0.05, 0) is 35.7 Å². The quantitative estimate of drug-likeness (QED) is 0.870. The maximum absolute atomic E-state index is 12.3. The average molecular weight is 312 g/mol. The third kappa shape index (κ3) is 2.72. The molecular weight excluding hydrogens is 298 g/mol. The molecule has 0 aliphatic carbocycles.